The van der Waals surface area contributed by atoms with E-state index in [1.165, 1.54) is 75.1 Å². The van der Waals surface area contributed by atoms with E-state index in [4.69, 9.17) is 0 Å². The largest absolute Gasteiger partial charge is 0.310 e. The zero-order valence-corrected chi connectivity index (χ0v) is 29.2. The third-order valence-electron chi connectivity index (χ3n) is 10.2. The van der Waals surface area contributed by atoms with E-state index >= 15 is 0 Å². The maximum absolute atomic E-state index is 2.37. The van der Waals surface area contributed by atoms with E-state index in [2.05, 4.69) is 205 Å². The lowest BCUT2D eigenvalue weighted by Gasteiger charge is -2.26. The van der Waals surface area contributed by atoms with Gasteiger partial charge in [-0.1, -0.05) is 140 Å². The van der Waals surface area contributed by atoms with Crippen LogP contribution in [0, 0.1) is 0 Å². The highest BCUT2D eigenvalue weighted by molar-refractivity contribution is 7.25. The van der Waals surface area contributed by atoms with Gasteiger partial charge in [0, 0.05) is 37.2 Å². The number of nitrogens with zero attached hydrogens (tertiary/aromatic N) is 1. The third kappa shape index (κ3) is 5.51. The summed E-state index contributed by atoms with van der Waals surface area (Å²) in [5.74, 6) is 0. The van der Waals surface area contributed by atoms with E-state index in [1.807, 2.05) is 11.3 Å². The molecule has 52 heavy (non-hydrogen) atoms. The second kappa shape index (κ2) is 12.7. The van der Waals surface area contributed by atoms with Crippen LogP contribution in [0.2, 0.25) is 0 Å². The van der Waals surface area contributed by atoms with Crippen molar-refractivity contribution in [3.05, 3.63) is 200 Å². The fourth-order valence-corrected chi connectivity index (χ4v) is 8.67. The molecule has 10 rings (SSSR count). The standard InChI is InChI=1S/C50H33NS/c1-3-10-38-30-41(18-16-34(38)8-1)36-20-25-44(26-21-36)51(46-13-7-12-40(32-46)42-19-17-35-9-2-4-11-39(35)31-42)45-27-22-37(23-28-45)43-24-29-48-47-14-5-6-15-49(47)52-50(48)33-43/h1-33H. The van der Waals surface area contributed by atoms with Gasteiger partial charge in [-0.3, -0.25) is 0 Å². The van der Waals surface area contributed by atoms with E-state index in [1.54, 1.807) is 0 Å². The smallest absolute Gasteiger partial charge is 0.0467 e. The molecule has 0 radical (unpaired) electrons. The van der Waals surface area contributed by atoms with E-state index in [0.29, 0.717) is 0 Å². The summed E-state index contributed by atoms with van der Waals surface area (Å²) in [5.41, 5.74) is 10.6. The van der Waals surface area contributed by atoms with Gasteiger partial charge in [-0.05, 0) is 116 Å². The van der Waals surface area contributed by atoms with Crippen molar-refractivity contribution in [1.82, 2.24) is 0 Å². The first-order valence-electron chi connectivity index (χ1n) is 17.7. The maximum Gasteiger partial charge on any atom is 0.0467 e. The fraction of sp³-hybridized carbons (Fsp3) is 0. The van der Waals surface area contributed by atoms with Crippen molar-refractivity contribution in [2.24, 2.45) is 0 Å². The normalized spacial score (nSPS) is 11.5. The van der Waals surface area contributed by atoms with Crippen molar-refractivity contribution in [1.29, 1.82) is 0 Å². The molecule has 0 saturated heterocycles. The van der Waals surface area contributed by atoms with Gasteiger partial charge in [0.15, 0.2) is 0 Å². The van der Waals surface area contributed by atoms with Crippen LogP contribution in [0.1, 0.15) is 0 Å². The summed E-state index contributed by atoms with van der Waals surface area (Å²) in [6, 6.07) is 73.0. The molecule has 1 nitrogen and oxygen atoms in total. The van der Waals surface area contributed by atoms with Crippen LogP contribution >= 0.6 is 11.3 Å². The summed E-state index contributed by atoms with van der Waals surface area (Å²) < 4.78 is 2.65. The first-order valence-corrected chi connectivity index (χ1v) is 18.6. The van der Waals surface area contributed by atoms with Gasteiger partial charge in [0.2, 0.25) is 0 Å². The molecule has 0 aliphatic heterocycles. The summed E-state index contributed by atoms with van der Waals surface area (Å²) in [6.07, 6.45) is 0. The molecule has 0 aliphatic rings. The molecule has 244 valence electrons. The quantitative estimate of drug-likeness (QED) is 0.169. The SMILES string of the molecule is c1cc(-c2ccc3ccccc3c2)cc(N(c2ccc(-c3ccc4ccccc4c3)cc2)c2ccc(-c3ccc4c(c3)sc3ccccc34)cc2)c1. The maximum atomic E-state index is 2.37. The summed E-state index contributed by atoms with van der Waals surface area (Å²) in [6.45, 7) is 0. The summed E-state index contributed by atoms with van der Waals surface area (Å²) in [7, 11) is 0. The van der Waals surface area contributed by atoms with Crippen LogP contribution in [0.3, 0.4) is 0 Å². The van der Waals surface area contributed by atoms with Crippen molar-refractivity contribution >= 4 is 70.1 Å². The van der Waals surface area contributed by atoms with E-state index in [9.17, 15) is 0 Å². The average Bonchev–Trinajstić information content (AvgIpc) is 3.59. The Hall–Kier alpha value is -6.48. The number of rotatable bonds is 6. The van der Waals surface area contributed by atoms with Gasteiger partial charge in [0.05, 0.1) is 0 Å². The fourth-order valence-electron chi connectivity index (χ4n) is 7.52. The van der Waals surface area contributed by atoms with Crippen LogP contribution in [-0.2, 0) is 0 Å². The molecule has 9 aromatic carbocycles. The second-order valence-corrected chi connectivity index (χ2v) is 14.5. The molecule has 0 fully saturated rings. The number of hydrogen-bond donors (Lipinski definition) is 0. The molecule has 2 heteroatoms. The highest BCUT2D eigenvalue weighted by atomic mass is 32.1. The highest BCUT2D eigenvalue weighted by Gasteiger charge is 2.15. The summed E-state index contributed by atoms with van der Waals surface area (Å²) in [4.78, 5) is 2.37. The minimum atomic E-state index is 1.11. The Labute approximate surface area is 307 Å². The lowest BCUT2D eigenvalue weighted by atomic mass is 9.99. The zero-order chi connectivity index (χ0) is 34.4. The van der Waals surface area contributed by atoms with Gasteiger partial charge in [-0.25, -0.2) is 0 Å². The lowest BCUT2D eigenvalue weighted by Crippen LogP contribution is -2.10. The van der Waals surface area contributed by atoms with Gasteiger partial charge in [0.1, 0.15) is 0 Å². The van der Waals surface area contributed by atoms with Gasteiger partial charge >= 0.3 is 0 Å². The van der Waals surface area contributed by atoms with Crippen LogP contribution in [0.5, 0.6) is 0 Å². The van der Waals surface area contributed by atoms with E-state index in [0.717, 1.165) is 17.1 Å². The summed E-state index contributed by atoms with van der Waals surface area (Å²) >= 11 is 1.86. The molecule has 0 N–H and O–H groups in total. The van der Waals surface area contributed by atoms with Crippen molar-refractivity contribution < 1.29 is 0 Å². The average molecular weight is 680 g/mol. The van der Waals surface area contributed by atoms with Gasteiger partial charge in [-0.2, -0.15) is 0 Å². The van der Waals surface area contributed by atoms with Crippen molar-refractivity contribution in [3.63, 3.8) is 0 Å². The monoisotopic (exact) mass is 679 g/mol. The summed E-state index contributed by atoms with van der Waals surface area (Å²) in [5, 5.41) is 7.66. The highest BCUT2D eigenvalue weighted by Crippen LogP contribution is 2.40. The van der Waals surface area contributed by atoms with Crippen LogP contribution < -0.4 is 4.90 Å². The van der Waals surface area contributed by atoms with Gasteiger partial charge in [0.25, 0.3) is 0 Å². The Balaban J connectivity index is 1.05. The van der Waals surface area contributed by atoms with Crippen molar-refractivity contribution in [2.75, 3.05) is 4.90 Å². The Bertz CT molecular complexity index is 2900. The number of hydrogen-bond acceptors (Lipinski definition) is 2. The van der Waals surface area contributed by atoms with Crippen LogP contribution in [0.4, 0.5) is 17.1 Å². The van der Waals surface area contributed by atoms with Crippen LogP contribution in [0.25, 0.3) is 75.1 Å². The molecule has 1 heterocycles. The molecule has 1 aromatic heterocycles. The molecule has 0 atom stereocenters. The molecule has 0 spiro atoms. The number of anilines is 3. The topological polar surface area (TPSA) is 3.24 Å². The van der Waals surface area contributed by atoms with E-state index in [-0.39, 0.29) is 0 Å². The van der Waals surface area contributed by atoms with Crippen molar-refractivity contribution in [3.8, 4) is 33.4 Å². The number of fused-ring (bicyclic) bond motifs is 5. The predicted octanol–water partition coefficient (Wildman–Crippen LogP) is 14.8. The molecule has 0 saturated carbocycles. The molecular weight excluding hydrogens is 647 g/mol. The molecule has 0 bridgehead atoms. The molecule has 10 aromatic rings. The first-order chi connectivity index (χ1) is 25.7. The molecule has 0 aliphatic carbocycles. The van der Waals surface area contributed by atoms with Gasteiger partial charge < -0.3 is 4.90 Å². The van der Waals surface area contributed by atoms with Crippen molar-refractivity contribution in [2.45, 2.75) is 0 Å². The number of benzene rings is 9. The number of thiophene rings is 1. The second-order valence-electron chi connectivity index (χ2n) is 13.4. The zero-order valence-electron chi connectivity index (χ0n) is 28.4. The molecule has 0 amide bonds. The third-order valence-corrected chi connectivity index (χ3v) is 11.4. The predicted molar refractivity (Wildman–Crippen MR) is 225 cm³/mol. The molecule has 0 unspecified atom stereocenters. The van der Waals surface area contributed by atoms with Crippen LogP contribution in [-0.4, -0.2) is 0 Å². The first kappa shape index (κ1) is 30.4. The lowest BCUT2D eigenvalue weighted by molar-refractivity contribution is 1.28. The molecular formula is C50H33NS. The Morgan fingerprint density at radius 2 is 0.750 bits per heavy atom. The Kier molecular flexibility index (Phi) is 7.41. The Morgan fingerprint density at radius 3 is 1.40 bits per heavy atom. The minimum absolute atomic E-state index is 1.11. The Morgan fingerprint density at radius 1 is 0.269 bits per heavy atom. The van der Waals surface area contributed by atoms with Crippen LogP contribution in [0.15, 0.2) is 200 Å². The van der Waals surface area contributed by atoms with Gasteiger partial charge in [-0.15, -0.1) is 11.3 Å². The van der Waals surface area contributed by atoms with E-state index < -0.39 is 0 Å². The minimum Gasteiger partial charge on any atom is -0.310 e.